The van der Waals surface area contributed by atoms with Crippen molar-refractivity contribution in [1.82, 2.24) is 10.5 Å². The normalized spacial score (nSPS) is 15.2. The Kier molecular flexibility index (Phi) is 2.39. The molecule has 0 bridgehead atoms. The van der Waals surface area contributed by atoms with E-state index in [-0.39, 0.29) is 12.5 Å². The number of aromatic nitrogens is 1. The third kappa shape index (κ3) is 2.48. The zero-order chi connectivity index (χ0) is 9.97. The van der Waals surface area contributed by atoms with Crippen LogP contribution in [0.4, 0.5) is 5.82 Å². The van der Waals surface area contributed by atoms with E-state index in [1.807, 2.05) is 6.92 Å². The number of carbonyl (C=O) groups excluding carboxylic acids is 1. The first-order valence-corrected chi connectivity index (χ1v) is 4.70. The fourth-order valence-corrected chi connectivity index (χ4v) is 1.13. The SMILES string of the molecule is Cc1cc(NCC(=O)NC2CC2)no1. The second kappa shape index (κ2) is 3.69. The maximum absolute atomic E-state index is 11.2. The molecule has 1 aromatic heterocycles. The largest absolute Gasteiger partial charge is 0.360 e. The summed E-state index contributed by atoms with van der Waals surface area (Å²) in [7, 11) is 0. The van der Waals surface area contributed by atoms with E-state index in [1.165, 1.54) is 0 Å². The summed E-state index contributed by atoms with van der Waals surface area (Å²) in [5.41, 5.74) is 0. The Labute approximate surface area is 81.8 Å². The number of hydrogen-bond acceptors (Lipinski definition) is 4. The molecule has 1 aromatic rings. The quantitative estimate of drug-likeness (QED) is 0.741. The molecule has 0 aromatic carbocycles. The molecule has 1 heterocycles. The highest BCUT2D eigenvalue weighted by atomic mass is 16.5. The zero-order valence-corrected chi connectivity index (χ0v) is 8.04. The van der Waals surface area contributed by atoms with Crippen LogP contribution in [0.25, 0.3) is 0 Å². The molecule has 0 radical (unpaired) electrons. The molecule has 1 fully saturated rings. The number of nitrogens with zero attached hydrogens (tertiary/aromatic N) is 1. The molecule has 1 aliphatic rings. The first-order valence-electron chi connectivity index (χ1n) is 4.70. The van der Waals surface area contributed by atoms with Crippen molar-refractivity contribution in [2.24, 2.45) is 0 Å². The van der Waals surface area contributed by atoms with Gasteiger partial charge in [-0.05, 0) is 19.8 Å². The number of rotatable bonds is 4. The summed E-state index contributed by atoms with van der Waals surface area (Å²) in [4.78, 5) is 11.2. The first kappa shape index (κ1) is 9.05. The smallest absolute Gasteiger partial charge is 0.239 e. The van der Waals surface area contributed by atoms with Gasteiger partial charge in [0, 0.05) is 12.1 Å². The molecule has 1 amide bonds. The van der Waals surface area contributed by atoms with Crippen molar-refractivity contribution < 1.29 is 9.32 Å². The lowest BCUT2D eigenvalue weighted by Gasteiger charge is -2.02. The van der Waals surface area contributed by atoms with Gasteiger partial charge in [-0.25, -0.2) is 0 Å². The van der Waals surface area contributed by atoms with E-state index in [4.69, 9.17) is 4.52 Å². The van der Waals surface area contributed by atoms with E-state index in [9.17, 15) is 4.79 Å². The van der Waals surface area contributed by atoms with Crippen LogP contribution in [-0.2, 0) is 4.79 Å². The minimum Gasteiger partial charge on any atom is -0.360 e. The fraction of sp³-hybridized carbons (Fsp3) is 0.556. The van der Waals surface area contributed by atoms with E-state index in [1.54, 1.807) is 6.07 Å². The fourth-order valence-electron chi connectivity index (χ4n) is 1.13. The van der Waals surface area contributed by atoms with Crippen molar-refractivity contribution >= 4 is 11.7 Å². The maximum atomic E-state index is 11.2. The predicted molar refractivity (Wildman–Crippen MR) is 50.9 cm³/mol. The summed E-state index contributed by atoms with van der Waals surface area (Å²) in [5.74, 6) is 1.34. The van der Waals surface area contributed by atoms with Gasteiger partial charge in [0.15, 0.2) is 5.82 Å². The lowest BCUT2D eigenvalue weighted by Crippen LogP contribution is -2.31. The second-order valence-corrected chi connectivity index (χ2v) is 3.52. The van der Waals surface area contributed by atoms with Gasteiger partial charge < -0.3 is 15.2 Å². The van der Waals surface area contributed by atoms with Crippen molar-refractivity contribution in [2.75, 3.05) is 11.9 Å². The van der Waals surface area contributed by atoms with E-state index in [0.29, 0.717) is 11.9 Å². The third-order valence-corrected chi connectivity index (χ3v) is 2.00. The number of aryl methyl sites for hydroxylation is 1. The molecule has 0 unspecified atom stereocenters. The monoisotopic (exact) mass is 195 g/mol. The molecule has 76 valence electrons. The molecular weight excluding hydrogens is 182 g/mol. The van der Waals surface area contributed by atoms with Gasteiger partial charge in [0.2, 0.25) is 5.91 Å². The standard InChI is InChI=1S/C9H13N3O2/c1-6-4-8(12-14-6)10-5-9(13)11-7-2-3-7/h4,7H,2-3,5H2,1H3,(H,10,12)(H,11,13). The van der Waals surface area contributed by atoms with Crippen LogP contribution in [0.3, 0.4) is 0 Å². The average Bonchev–Trinajstić information content (AvgIpc) is 2.85. The van der Waals surface area contributed by atoms with Crippen LogP contribution in [0.1, 0.15) is 18.6 Å². The molecule has 1 aliphatic carbocycles. The predicted octanol–water partition coefficient (Wildman–Crippen LogP) is 0.674. The molecule has 2 rings (SSSR count). The lowest BCUT2D eigenvalue weighted by molar-refractivity contribution is -0.119. The zero-order valence-electron chi connectivity index (χ0n) is 8.04. The molecule has 5 nitrogen and oxygen atoms in total. The summed E-state index contributed by atoms with van der Waals surface area (Å²) < 4.78 is 4.85. The number of carbonyl (C=O) groups is 1. The Balaban J connectivity index is 1.73. The highest BCUT2D eigenvalue weighted by Gasteiger charge is 2.22. The lowest BCUT2D eigenvalue weighted by atomic mass is 10.4. The van der Waals surface area contributed by atoms with Gasteiger partial charge in [-0.1, -0.05) is 5.16 Å². The van der Waals surface area contributed by atoms with Gasteiger partial charge >= 0.3 is 0 Å². The second-order valence-electron chi connectivity index (χ2n) is 3.52. The number of anilines is 1. The minimum absolute atomic E-state index is 0.00755. The number of nitrogens with one attached hydrogen (secondary N) is 2. The van der Waals surface area contributed by atoms with Crippen molar-refractivity contribution in [3.63, 3.8) is 0 Å². The van der Waals surface area contributed by atoms with Gasteiger partial charge in [-0.15, -0.1) is 0 Å². The van der Waals surface area contributed by atoms with Gasteiger partial charge in [0.1, 0.15) is 5.76 Å². The Morgan fingerprint density at radius 1 is 1.71 bits per heavy atom. The molecular formula is C9H13N3O2. The maximum Gasteiger partial charge on any atom is 0.239 e. The molecule has 5 heteroatoms. The topological polar surface area (TPSA) is 67.2 Å². The van der Waals surface area contributed by atoms with Crippen molar-refractivity contribution in [1.29, 1.82) is 0 Å². The Hall–Kier alpha value is -1.52. The Bertz CT molecular complexity index is 331. The summed E-state index contributed by atoms with van der Waals surface area (Å²) in [6, 6.07) is 2.16. The Morgan fingerprint density at radius 2 is 2.50 bits per heavy atom. The van der Waals surface area contributed by atoms with E-state index in [2.05, 4.69) is 15.8 Å². The number of amides is 1. The molecule has 2 N–H and O–H groups in total. The highest BCUT2D eigenvalue weighted by Crippen LogP contribution is 2.18. The van der Waals surface area contributed by atoms with Gasteiger partial charge in [-0.2, -0.15) is 0 Å². The summed E-state index contributed by atoms with van der Waals surface area (Å²) >= 11 is 0. The first-order chi connectivity index (χ1) is 6.74. The van der Waals surface area contributed by atoms with Crippen molar-refractivity contribution in [3.8, 4) is 0 Å². The minimum atomic E-state index is 0.00755. The average molecular weight is 195 g/mol. The van der Waals surface area contributed by atoms with Crippen LogP contribution in [0.5, 0.6) is 0 Å². The Morgan fingerprint density at radius 3 is 3.07 bits per heavy atom. The van der Waals surface area contributed by atoms with Crippen LogP contribution >= 0.6 is 0 Å². The van der Waals surface area contributed by atoms with E-state index >= 15 is 0 Å². The molecule has 0 aliphatic heterocycles. The van der Waals surface area contributed by atoms with Crippen LogP contribution in [0.15, 0.2) is 10.6 Å². The van der Waals surface area contributed by atoms with Crippen LogP contribution in [-0.4, -0.2) is 23.7 Å². The van der Waals surface area contributed by atoms with E-state index < -0.39 is 0 Å². The third-order valence-electron chi connectivity index (χ3n) is 2.00. The van der Waals surface area contributed by atoms with Gasteiger partial charge in [-0.3, -0.25) is 4.79 Å². The van der Waals surface area contributed by atoms with Gasteiger partial charge in [0.25, 0.3) is 0 Å². The van der Waals surface area contributed by atoms with E-state index in [0.717, 1.165) is 18.6 Å². The van der Waals surface area contributed by atoms with Gasteiger partial charge in [0.05, 0.1) is 6.54 Å². The van der Waals surface area contributed by atoms with Crippen molar-refractivity contribution in [2.45, 2.75) is 25.8 Å². The highest BCUT2D eigenvalue weighted by molar-refractivity contribution is 5.80. The summed E-state index contributed by atoms with van der Waals surface area (Å²) in [6.07, 6.45) is 2.21. The summed E-state index contributed by atoms with van der Waals surface area (Å²) in [6.45, 7) is 2.06. The molecule has 14 heavy (non-hydrogen) atoms. The number of hydrogen-bond donors (Lipinski definition) is 2. The van der Waals surface area contributed by atoms with Crippen LogP contribution in [0, 0.1) is 6.92 Å². The molecule has 0 spiro atoms. The molecule has 1 saturated carbocycles. The molecule has 0 atom stereocenters. The van der Waals surface area contributed by atoms with Crippen LogP contribution < -0.4 is 10.6 Å². The summed E-state index contributed by atoms with van der Waals surface area (Å²) in [5, 5.41) is 9.47. The van der Waals surface area contributed by atoms with Crippen LogP contribution in [0.2, 0.25) is 0 Å². The molecule has 0 saturated heterocycles. The van der Waals surface area contributed by atoms with Crippen molar-refractivity contribution in [3.05, 3.63) is 11.8 Å².